The second kappa shape index (κ2) is 6.25. The van der Waals surface area contributed by atoms with E-state index >= 15 is 0 Å². The van der Waals surface area contributed by atoms with Gasteiger partial charge in [-0.05, 0) is 53.9 Å². The third kappa shape index (κ3) is 2.42. The van der Waals surface area contributed by atoms with Gasteiger partial charge in [-0.15, -0.1) is 0 Å². The smallest absolute Gasteiger partial charge is 0.0491 e. The number of hydrogen-bond acceptors (Lipinski definition) is 0. The minimum atomic E-state index is 1.05. The van der Waals surface area contributed by atoms with E-state index in [9.17, 15) is 0 Å². The first-order chi connectivity index (χ1) is 14.3. The zero-order valence-electron chi connectivity index (χ0n) is 16.4. The lowest BCUT2D eigenvalue weighted by molar-refractivity contribution is 0.724. The van der Waals surface area contributed by atoms with E-state index in [0.717, 1.165) is 13.0 Å². The van der Waals surface area contributed by atoms with Gasteiger partial charge < -0.3 is 9.55 Å². The fourth-order valence-electron chi connectivity index (χ4n) is 4.73. The maximum Gasteiger partial charge on any atom is 0.0491 e. The van der Waals surface area contributed by atoms with Crippen molar-refractivity contribution < 1.29 is 0 Å². The fraction of sp³-hybridized carbons (Fsp3) is 0.111. The van der Waals surface area contributed by atoms with Crippen LogP contribution >= 0.6 is 0 Å². The Bertz CT molecular complexity index is 1510. The summed E-state index contributed by atoms with van der Waals surface area (Å²) >= 11 is 0. The lowest BCUT2D eigenvalue weighted by Gasteiger charge is -2.06. The summed E-state index contributed by atoms with van der Waals surface area (Å²) in [4.78, 5) is 3.52. The standard InChI is InChI=1S/C27H22N2/c1-2-15-29-26-10-6-4-8-21(26)23-17-19(12-14-27(23)29)18-11-13-25-22(16-18)20-7-3-5-9-24(20)28-25/h3-14,16-17,28H,2,15H2,1H3. The van der Waals surface area contributed by atoms with Crippen molar-refractivity contribution in [3.8, 4) is 11.1 Å². The number of nitrogens with one attached hydrogen (secondary N) is 1. The highest BCUT2D eigenvalue weighted by atomic mass is 15.0. The molecule has 1 N–H and O–H groups in total. The van der Waals surface area contributed by atoms with Crippen molar-refractivity contribution in [1.29, 1.82) is 0 Å². The summed E-state index contributed by atoms with van der Waals surface area (Å²) in [6.45, 7) is 3.29. The molecular formula is C27H22N2. The molecule has 0 aliphatic heterocycles. The van der Waals surface area contributed by atoms with Gasteiger partial charge in [0, 0.05) is 50.2 Å². The molecular weight excluding hydrogens is 352 g/mol. The number of para-hydroxylation sites is 2. The van der Waals surface area contributed by atoms with Crippen LogP contribution in [0.2, 0.25) is 0 Å². The van der Waals surface area contributed by atoms with Gasteiger partial charge >= 0.3 is 0 Å². The Balaban J connectivity index is 1.59. The molecule has 0 saturated heterocycles. The zero-order chi connectivity index (χ0) is 19.4. The van der Waals surface area contributed by atoms with Crippen LogP contribution in [-0.2, 0) is 6.54 Å². The molecule has 2 aromatic heterocycles. The van der Waals surface area contributed by atoms with Gasteiger partial charge in [-0.25, -0.2) is 0 Å². The zero-order valence-corrected chi connectivity index (χ0v) is 16.4. The van der Waals surface area contributed by atoms with Crippen LogP contribution in [0.25, 0.3) is 54.7 Å². The summed E-state index contributed by atoms with van der Waals surface area (Å²) in [5.41, 5.74) is 7.56. The van der Waals surface area contributed by atoms with Crippen molar-refractivity contribution in [2.45, 2.75) is 19.9 Å². The number of H-pyrrole nitrogens is 1. The van der Waals surface area contributed by atoms with Crippen molar-refractivity contribution >= 4 is 43.6 Å². The maximum absolute atomic E-state index is 3.52. The summed E-state index contributed by atoms with van der Waals surface area (Å²) in [5.74, 6) is 0. The second-order valence-electron chi connectivity index (χ2n) is 7.83. The Morgan fingerprint density at radius 3 is 2.14 bits per heavy atom. The number of fused-ring (bicyclic) bond motifs is 6. The van der Waals surface area contributed by atoms with Gasteiger partial charge in [0.2, 0.25) is 0 Å². The Kier molecular flexibility index (Phi) is 3.54. The van der Waals surface area contributed by atoms with Crippen LogP contribution in [0.1, 0.15) is 13.3 Å². The first-order valence-electron chi connectivity index (χ1n) is 10.4. The SMILES string of the molecule is CCCn1c2ccccc2c2cc(-c3ccc4[nH]c5ccccc5c4c3)ccc21. The summed E-state index contributed by atoms with van der Waals surface area (Å²) in [6, 6.07) is 31.0. The van der Waals surface area contributed by atoms with Crippen molar-refractivity contribution in [2.75, 3.05) is 0 Å². The molecule has 0 unspecified atom stereocenters. The van der Waals surface area contributed by atoms with Crippen LogP contribution in [0.3, 0.4) is 0 Å². The molecule has 0 amide bonds. The third-order valence-corrected chi connectivity index (χ3v) is 6.06. The molecule has 140 valence electrons. The number of benzene rings is 4. The molecule has 6 aromatic rings. The van der Waals surface area contributed by atoms with Crippen LogP contribution in [-0.4, -0.2) is 9.55 Å². The highest BCUT2D eigenvalue weighted by molar-refractivity contribution is 6.11. The first-order valence-corrected chi connectivity index (χ1v) is 10.4. The predicted molar refractivity (Wildman–Crippen MR) is 125 cm³/mol. The number of aromatic amines is 1. The molecule has 2 nitrogen and oxygen atoms in total. The average molecular weight is 374 g/mol. The average Bonchev–Trinajstić information content (AvgIpc) is 3.29. The highest BCUT2D eigenvalue weighted by Crippen LogP contribution is 2.35. The van der Waals surface area contributed by atoms with E-state index in [1.165, 1.54) is 54.7 Å². The van der Waals surface area contributed by atoms with E-state index in [0.29, 0.717) is 0 Å². The molecule has 29 heavy (non-hydrogen) atoms. The number of hydrogen-bond donors (Lipinski definition) is 1. The molecule has 0 aliphatic rings. The van der Waals surface area contributed by atoms with Gasteiger partial charge in [-0.1, -0.05) is 55.5 Å². The Morgan fingerprint density at radius 1 is 0.621 bits per heavy atom. The van der Waals surface area contributed by atoms with E-state index in [1.54, 1.807) is 0 Å². The molecule has 4 aromatic carbocycles. The molecule has 2 heteroatoms. The Labute approximate surface area is 169 Å². The van der Waals surface area contributed by atoms with Crippen LogP contribution in [0.15, 0.2) is 84.9 Å². The van der Waals surface area contributed by atoms with Gasteiger partial charge in [-0.3, -0.25) is 0 Å². The molecule has 0 atom stereocenters. The van der Waals surface area contributed by atoms with Crippen molar-refractivity contribution in [3.63, 3.8) is 0 Å². The fourth-order valence-corrected chi connectivity index (χ4v) is 4.73. The lowest BCUT2D eigenvalue weighted by Crippen LogP contribution is -1.95. The largest absolute Gasteiger partial charge is 0.355 e. The second-order valence-corrected chi connectivity index (χ2v) is 7.83. The molecule has 6 rings (SSSR count). The van der Waals surface area contributed by atoms with Crippen molar-refractivity contribution in [1.82, 2.24) is 9.55 Å². The molecule has 0 fully saturated rings. The van der Waals surface area contributed by atoms with Crippen LogP contribution in [0, 0.1) is 0 Å². The first kappa shape index (κ1) is 16.4. The molecule has 0 aliphatic carbocycles. The number of nitrogens with zero attached hydrogens (tertiary/aromatic N) is 1. The monoisotopic (exact) mass is 374 g/mol. The predicted octanol–water partition coefficient (Wildman–Crippen LogP) is 7.51. The molecule has 0 spiro atoms. The molecule has 0 radical (unpaired) electrons. The minimum Gasteiger partial charge on any atom is -0.355 e. The van der Waals surface area contributed by atoms with Gasteiger partial charge in [-0.2, -0.15) is 0 Å². The van der Waals surface area contributed by atoms with E-state index in [2.05, 4.69) is 101 Å². The van der Waals surface area contributed by atoms with E-state index < -0.39 is 0 Å². The summed E-state index contributed by atoms with van der Waals surface area (Å²) in [6.07, 6.45) is 1.13. The summed E-state index contributed by atoms with van der Waals surface area (Å²) in [7, 11) is 0. The number of aromatic nitrogens is 2. The lowest BCUT2D eigenvalue weighted by atomic mass is 10.0. The number of aryl methyl sites for hydroxylation is 1. The quantitative estimate of drug-likeness (QED) is 0.331. The normalized spacial score (nSPS) is 11.9. The highest BCUT2D eigenvalue weighted by Gasteiger charge is 2.12. The molecule has 0 bridgehead atoms. The topological polar surface area (TPSA) is 20.7 Å². The minimum absolute atomic E-state index is 1.05. The maximum atomic E-state index is 3.52. The third-order valence-electron chi connectivity index (χ3n) is 6.06. The summed E-state index contributed by atoms with van der Waals surface area (Å²) < 4.78 is 2.46. The van der Waals surface area contributed by atoms with Crippen molar-refractivity contribution in [2.24, 2.45) is 0 Å². The van der Waals surface area contributed by atoms with Crippen molar-refractivity contribution in [3.05, 3.63) is 84.9 Å². The Hall–Kier alpha value is -3.52. The van der Waals surface area contributed by atoms with Gasteiger partial charge in [0.15, 0.2) is 0 Å². The van der Waals surface area contributed by atoms with Crippen LogP contribution in [0.4, 0.5) is 0 Å². The van der Waals surface area contributed by atoms with Crippen LogP contribution < -0.4 is 0 Å². The van der Waals surface area contributed by atoms with E-state index in [-0.39, 0.29) is 0 Å². The Morgan fingerprint density at radius 2 is 1.28 bits per heavy atom. The van der Waals surface area contributed by atoms with Crippen LogP contribution in [0.5, 0.6) is 0 Å². The molecule has 0 saturated carbocycles. The van der Waals surface area contributed by atoms with Gasteiger partial charge in [0.25, 0.3) is 0 Å². The number of rotatable bonds is 3. The van der Waals surface area contributed by atoms with E-state index in [1.807, 2.05) is 0 Å². The molecule has 2 heterocycles. The van der Waals surface area contributed by atoms with E-state index in [4.69, 9.17) is 0 Å². The van der Waals surface area contributed by atoms with Gasteiger partial charge in [0.05, 0.1) is 0 Å². The van der Waals surface area contributed by atoms with Gasteiger partial charge in [0.1, 0.15) is 0 Å². The summed E-state index contributed by atoms with van der Waals surface area (Å²) in [5, 5.41) is 5.24.